The maximum Gasteiger partial charge on any atom is 0.416 e. The largest absolute Gasteiger partial charge is 0.416 e. The molecule has 5 heteroatoms. The average molecular weight is 244 g/mol. The molecule has 1 aromatic carbocycles. The van der Waals surface area contributed by atoms with Crippen molar-refractivity contribution in [2.75, 3.05) is 0 Å². The fourth-order valence-corrected chi connectivity index (χ4v) is 1.50. The summed E-state index contributed by atoms with van der Waals surface area (Å²) >= 11 is 0. The standard InChI is InChI=1S/C10H9F3N2.C2H6/c1-6-14-8-5-7(10(11,12)13)3-4-9(8)15(6)2;1-2/h3-5H,1-2H3;1-2H3. The topological polar surface area (TPSA) is 17.8 Å². The van der Waals surface area contributed by atoms with Crippen molar-refractivity contribution in [2.45, 2.75) is 26.9 Å². The summed E-state index contributed by atoms with van der Waals surface area (Å²) in [5.74, 6) is 0.698. The van der Waals surface area contributed by atoms with Crippen LogP contribution in [0.15, 0.2) is 18.2 Å². The number of alkyl halides is 3. The van der Waals surface area contributed by atoms with E-state index in [1.165, 1.54) is 6.07 Å². The van der Waals surface area contributed by atoms with Crippen LogP contribution in [0.3, 0.4) is 0 Å². The normalized spacial score (nSPS) is 11.2. The van der Waals surface area contributed by atoms with Crippen molar-refractivity contribution in [3.05, 3.63) is 29.6 Å². The molecular formula is C12H15F3N2. The predicted octanol–water partition coefficient (Wildman–Crippen LogP) is 3.93. The van der Waals surface area contributed by atoms with Crippen LogP contribution in [0.2, 0.25) is 0 Å². The Hall–Kier alpha value is -1.52. The van der Waals surface area contributed by atoms with Crippen molar-refractivity contribution in [3.8, 4) is 0 Å². The molecule has 0 aliphatic carbocycles. The number of imidazole rings is 1. The van der Waals surface area contributed by atoms with Crippen LogP contribution in [0.5, 0.6) is 0 Å². The Morgan fingerprint density at radius 3 is 2.29 bits per heavy atom. The first-order valence-corrected chi connectivity index (χ1v) is 5.40. The number of halogens is 3. The highest BCUT2D eigenvalue weighted by Crippen LogP contribution is 2.31. The molecule has 1 heterocycles. The molecule has 94 valence electrons. The van der Waals surface area contributed by atoms with Crippen LogP contribution in [-0.2, 0) is 13.2 Å². The van der Waals surface area contributed by atoms with E-state index in [-0.39, 0.29) is 0 Å². The van der Waals surface area contributed by atoms with E-state index in [1.807, 2.05) is 13.8 Å². The number of aryl methyl sites for hydroxylation is 2. The molecule has 1 aromatic heterocycles. The summed E-state index contributed by atoms with van der Waals surface area (Å²) in [5, 5.41) is 0. The van der Waals surface area contributed by atoms with Gasteiger partial charge in [-0.05, 0) is 25.1 Å². The van der Waals surface area contributed by atoms with Gasteiger partial charge in [0.15, 0.2) is 0 Å². The van der Waals surface area contributed by atoms with Gasteiger partial charge < -0.3 is 4.57 Å². The van der Waals surface area contributed by atoms with Crippen molar-refractivity contribution in [1.29, 1.82) is 0 Å². The number of aromatic nitrogens is 2. The Balaban J connectivity index is 0.000000686. The first kappa shape index (κ1) is 13.5. The van der Waals surface area contributed by atoms with Crippen LogP contribution in [0.1, 0.15) is 25.2 Å². The van der Waals surface area contributed by atoms with E-state index in [2.05, 4.69) is 4.98 Å². The smallest absolute Gasteiger partial charge is 0.331 e. The predicted molar refractivity (Wildman–Crippen MR) is 61.8 cm³/mol. The summed E-state index contributed by atoms with van der Waals surface area (Å²) in [7, 11) is 1.78. The number of fused-ring (bicyclic) bond motifs is 1. The van der Waals surface area contributed by atoms with E-state index >= 15 is 0 Å². The minimum Gasteiger partial charge on any atom is -0.331 e. The average Bonchev–Trinajstić information content (AvgIpc) is 2.56. The SMILES string of the molecule is CC.Cc1nc2cc(C(F)(F)F)ccc2n1C. The molecule has 0 radical (unpaired) electrons. The van der Waals surface area contributed by atoms with E-state index in [4.69, 9.17) is 0 Å². The minimum absolute atomic E-state index is 0.379. The first-order valence-electron chi connectivity index (χ1n) is 5.40. The maximum atomic E-state index is 12.4. The van der Waals surface area contributed by atoms with Crippen LogP contribution < -0.4 is 0 Å². The van der Waals surface area contributed by atoms with Crippen LogP contribution in [0.4, 0.5) is 13.2 Å². The third-order valence-corrected chi connectivity index (χ3v) is 2.43. The number of benzene rings is 1. The van der Waals surface area contributed by atoms with Crippen molar-refractivity contribution in [2.24, 2.45) is 7.05 Å². The van der Waals surface area contributed by atoms with E-state index in [1.54, 1.807) is 18.5 Å². The molecule has 0 bridgehead atoms. The lowest BCUT2D eigenvalue weighted by Crippen LogP contribution is -2.04. The fraction of sp³-hybridized carbons (Fsp3) is 0.417. The van der Waals surface area contributed by atoms with Crippen LogP contribution in [0.25, 0.3) is 11.0 Å². The fourth-order valence-electron chi connectivity index (χ4n) is 1.50. The molecule has 2 rings (SSSR count). The monoisotopic (exact) mass is 244 g/mol. The van der Waals surface area contributed by atoms with Gasteiger partial charge in [0.2, 0.25) is 0 Å². The second-order valence-electron chi connectivity index (χ2n) is 3.42. The van der Waals surface area contributed by atoms with Gasteiger partial charge in [0.05, 0.1) is 16.6 Å². The zero-order valence-corrected chi connectivity index (χ0v) is 10.3. The highest BCUT2D eigenvalue weighted by Gasteiger charge is 2.30. The molecule has 0 spiro atoms. The second-order valence-corrected chi connectivity index (χ2v) is 3.42. The van der Waals surface area contributed by atoms with Gasteiger partial charge in [-0.25, -0.2) is 4.98 Å². The van der Waals surface area contributed by atoms with E-state index in [0.717, 1.165) is 12.1 Å². The van der Waals surface area contributed by atoms with Gasteiger partial charge >= 0.3 is 6.18 Å². The van der Waals surface area contributed by atoms with Gasteiger partial charge in [0.25, 0.3) is 0 Å². The molecule has 0 saturated carbocycles. The highest BCUT2D eigenvalue weighted by atomic mass is 19.4. The quantitative estimate of drug-likeness (QED) is 0.686. The summed E-state index contributed by atoms with van der Waals surface area (Å²) in [5.41, 5.74) is 0.429. The summed E-state index contributed by atoms with van der Waals surface area (Å²) in [6.07, 6.45) is -4.31. The van der Waals surface area contributed by atoms with Gasteiger partial charge in [-0.2, -0.15) is 13.2 Å². The molecule has 0 amide bonds. The lowest BCUT2D eigenvalue weighted by atomic mass is 10.2. The summed E-state index contributed by atoms with van der Waals surface area (Å²) in [6, 6.07) is 3.59. The van der Waals surface area contributed by atoms with Crippen molar-refractivity contribution in [1.82, 2.24) is 9.55 Å². The zero-order valence-electron chi connectivity index (χ0n) is 10.3. The summed E-state index contributed by atoms with van der Waals surface area (Å²) in [6.45, 7) is 5.76. The van der Waals surface area contributed by atoms with Crippen molar-refractivity contribution >= 4 is 11.0 Å². The molecule has 0 saturated heterocycles. The molecule has 2 nitrogen and oxygen atoms in total. The molecule has 0 aliphatic heterocycles. The van der Waals surface area contributed by atoms with Gasteiger partial charge in [0.1, 0.15) is 5.82 Å². The van der Waals surface area contributed by atoms with Crippen molar-refractivity contribution in [3.63, 3.8) is 0 Å². The molecule has 0 fully saturated rings. The van der Waals surface area contributed by atoms with Crippen LogP contribution in [-0.4, -0.2) is 9.55 Å². The molecule has 0 unspecified atom stereocenters. The zero-order chi connectivity index (χ0) is 13.2. The highest BCUT2D eigenvalue weighted by molar-refractivity contribution is 5.76. The number of nitrogens with zero attached hydrogens (tertiary/aromatic N) is 2. The van der Waals surface area contributed by atoms with Gasteiger partial charge in [0, 0.05) is 7.05 Å². The molecular weight excluding hydrogens is 229 g/mol. The van der Waals surface area contributed by atoms with Gasteiger partial charge in [-0.1, -0.05) is 13.8 Å². The first-order chi connectivity index (χ1) is 7.89. The summed E-state index contributed by atoms with van der Waals surface area (Å²) < 4.78 is 38.9. The van der Waals surface area contributed by atoms with E-state index in [9.17, 15) is 13.2 Å². The Morgan fingerprint density at radius 1 is 1.18 bits per heavy atom. The Bertz CT molecular complexity index is 512. The lowest BCUT2D eigenvalue weighted by Gasteiger charge is -2.05. The maximum absolute atomic E-state index is 12.4. The molecule has 2 aromatic rings. The number of hydrogen-bond acceptors (Lipinski definition) is 1. The minimum atomic E-state index is -4.31. The number of rotatable bonds is 0. The molecule has 0 aliphatic rings. The summed E-state index contributed by atoms with van der Waals surface area (Å²) in [4.78, 5) is 4.05. The van der Waals surface area contributed by atoms with E-state index < -0.39 is 11.7 Å². The Labute approximate surface area is 98.1 Å². The van der Waals surface area contributed by atoms with Gasteiger partial charge in [-0.15, -0.1) is 0 Å². The lowest BCUT2D eigenvalue weighted by molar-refractivity contribution is -0.137. The van der Waals surface area contributed by atoms with Crippen LogP contribution >= 0.6 is 0 Å². The Morgan fingerprint density at radius 2 is 1.76 bits per heavy atom. The molecule has 0 N–H and O–H groups in total. The Kier molecular flexibility index (Phi) is 3.80. The van der Waals surface area contributed by atoms with Crippen LogP contribution in [0, 0.1) is 6.92 Å². The molecule has 17 heavy (non-hydrogen) atoms. The third-order valence-electron chi connectivity index (χ3n) is 2.43. The number of hydrogen-bond donors (Lipinski definition) is 0. The van der Waals surface area contributed by atoms with Gasteiger partial charge in [-0.3, -0.25) is 0 Å². The third kappa shape index (κ3) is 2.60. The van der Waals surface area contributed by atoms with Crippen molar-refractivity contribution < 1.29 is 13.2 Å². The molecule has 0 atom stereocenters. The van der Waals surface area contributed by atoms with E-state index in [0.29, 0.717) is 16.9 Å². The second kappa shape index (κ2) is 4.77.